The van der Waals surface area contributed by atoms with Crippen molar-refractivity contribution < 1.29 is 22.0 Å². The van der Waals surface area contributed by atoms with Gasteiger partial charge in [0.1, 0.15) is 11.6 Å². The topological polar surface area (TPSA) is 36.4 Å². The number of alkyl halides is 3. The first-order valence-corrected chi connectivity index (χ1v) is 8.80. The molecule has 0 aliphatic heterocycles. The van der Waals surface area contributed by atoms with Crippen molar-refractivity contribution >= 4 is 5.96 Å². The molecule has 2 aliphatic carbocycles. The lowest BCUT2D eigenvalue weighted by molar-refractivity contribution is -0.182. The molecule has 1 aromatic rings. The molecule has 2 fully saturated rings. The quantitative estimate of drug-likeness (QED) is 0.474. The zero-order chi connectivity index (χ0) is 18.9. The van der Waals surface area contributed by atoms with E-state index in [4.69, 9.17) is 0 Å². The molecule has 0 heterocycles. The van der Waals surface area contributed by atoms with Gasteiger partial charge in [-0.2, -0.15) is 13.2 Å². The summed E-state index contributed by atoms with van der Waals surface area (Å²) < 4.78 is 65.9. The van der Waals surface area contributed by atoms with Crippen LogP contribution in [0.5, 0.6) is 0 Å². The van der Waals surface area contributed by atoms with Crippen LogP contribution < -0.4 is 10.6 Å². The molecule has 2 atom stereocenters. The monoisotopic (exact) mass is 375 g/mol. The highest BCUT2D eigenvalue weighted by Crippen LogP contribution is 2.43. The molecule has 0 radical (unpaired) electrons. The first-order chi connectivity index (χ1) is 12.3. The molecule has 2 unspecified atom stereocenters. The van der Waals surface area contributed by atoms with Gasteiger partial charge in [-0.05, 0) is 44.2 Å². The van der Waals surface area contributed by atoms with Crippen LogP contribution in [0.2, 0.25) is 0 Å². The molecule has 0 spiro atoms. The average Bonchev–Trinajstić information content (AvgIpc) is 3.32. The molecule has 0 amide bonds. The van der Waals surface area contributed by atoms with E-state index >= 15 is 0 Å². The van der Waals surface area contributed by atoms with Gasteiger partial charge in [0.2, 0.25) is 0 Å². The Morgan fingerprint density at radius 3 is 2.19 bits per heavy atom. The summed E-state index contributed by atoms with van der Waals surface area (Å²) in [6, 6.07) is 3.58. The predicted molar refractivity (Wildman–Crippen MR) is 88.9 cm³/mol. The second-order valence-electron chi connectivity index (χ2n) is 7.04. The smallest absolute Gasteiger partial charge is 0.354 e. The van der Waals surface area contributed by atoms with Crippen LogP contribution in [0.1, 0.15) is 43.6 Å². The van der Waals surface area contributed by atoms with Crippen molar-refractivity contribution in [2.45, 2.75) is 56.3 Å². The molecule has 8 heteroatoms. The second-order valence-corrected chi connectivity index (χ2v) is 7.04. The Bertz CT molecular complexity index is 645. The molecule has 3 rings (SSSR count). The fraction of sp³-hybridized carbons (Fsp3) is 0.611. The second kappa shape index (κ2) is 7.40. The van der Waals surface area contributed by atoms with Gasteiger partial charge in [0.05, 0.1) is 5.92 Å². The Morgan fingerprint density at radius 2 is 1.65 bits per heavy atom. The van der Waals surface area contributed by atoms with E-state index in [2.05, 4.69) is 15.6 Å². The maximum Gasteiger partial charge on any atom is 0.391 e. The third-order valence-corrected chi connectivity index (χ3v) is 5.24. The molecule has 3 nitrogen and oxygen atoms in total. The number of hydrogen-bond donors (Lipinski definition) is 2. The first kappa shape index (κ1) is 18.9. The van der Waals surface area contributed by atoms with E-state index in [0.29, 0.717) is 25.2 Å². The number of nitrogens with one attached hydrogen (secondary N) is 2. The normalized spacial score (nSPS) is 29.4. The maximum absolute atomic E-state index is 13.8. The van der Waals surface area contributed by atoms with Crippen LogP contribution in [0, 0.1) is 17.6 Å². The van der Waals surface area contributed by atoms with Crippen LogP contribution in [0.25, 0.3) is 0 Å². The van der Waals surface area contributed by atoms with Crippen molar-refractivity contribution in [2.24, 2.45) is 10.9 Å². The number of halogens is 5. The molecule has 2 saturated carbocycles. The van der Waals surface area contributed by atoms with Crippen molar-refractivity contribution in [1.82, 2.24) is 10.6 Å². The number of hydrogen-bond acceptors (Lipinski definition) is 1. The summed E-state index contributed by atoms with van der Waals surface area (Å²) in [5.41, 5.74) is 0.0751. The predicted octanol–water partition coefficient (Wildman–Crippen LogP) is 4.11. The molecule has 1 aromatic carbocycles. The van der Waals surface area contributed by atoms with Crippen molar-refractivity contribution in [2.75, 3.05) is 7.05 Å². The number of benzene rings is 1. The van der Waals surface area contributed by atoms with E-state index in [1.165, 1.54) is 18.2 Å². The van der Waals surface area contributed by atoms with E-state index in [9.17, 15) is 22.0 Å². The minimum atomic E-state index is -4.13. The highest BCUT2D eigenvalue weighted by molar-refractivity contribution is 5.80. The van der Waals surface area contributed by atoms with Crippen LogP contribution in [-0.2, 0) is 0 Å². The minimum Gasteiger partial charge on any atom is -0.354 e. The minimum absolute atomic E-state index is 0.0751. The van der Waals surface area contributed by atoms with Crippen molar-refractivity contribution in [3.8, 4) is 0 Å². The fourth-order valence-corrected chi connectivity index (χ4v) is 3.64. The van der Waals surface area contributed by atoms with Crippen molar-refractivity contribution in [1.29, 1.82) is 0 Å². The van der Waals surface area contributed by atoms with Gasteiger partial charge in [0, 0.05) is 30.6 Å². The lowest BCUT2D eigenvalue weighted by atomic mass is 9.85. The summed E-state index contributed by atoms with van der Waals surface area (Å²) in [6.07, 6.45) is -2.51. The largest absolute Gasteiger partial charge is 0.391 e. The summed E-state index contributed by atoms with van der Waals surface area (Å²) in [7, 11) is 1.57. The van der Waals surface area contributed by atoms with Crippen molar-refractivity contribution in [3.63, 3.8) is 0 Å². The summed E-state index contributed by atoms with van der Waals surface area (Å²) >= 11 is 0. The summed E-state index contributed by atoms with van der Waals surface area (Å²) in [5.74, 6) is -2.16. The van der Waals surface area contributed by atoms with Gasteiger partial charge in [0.25, 0.3) is 0 Å². The number of nitrogens with zero attached hydrogens (tertiary/aromatic N) is 1. The lowest BCUT2D eigenvalue weighted by Crippen LogP contribution is -2.46. The molecule has 0 aromatic heterocycles. The molecule has 2 N–H and O–H groups in total. The summed E-state index contributed by atoms with van der Waals surface area (Å²) in [6.45, 7) is 0. The van der Waals surface area contributed by atoms with Crippen LogP contribution in [0.3, 0.4) is 0 Å². The van der Waals surface area contributed by atoms with Gasteiger partial charge in [-0.3, -0.25) is 4.99 Å². The highest BCUT2D eigenvalue weighted by Gasteiger charge is 2.43. The standard InChI is InChI=1S/C18H22F5N3/c1-24-17(25-11-7-5-10(6-8-11)18(21,22)23)26-15-9-12(15)16-13(19)3-2-4-14(16)20/h2-4,10-12,15H,5-9H2,1H3,(H2,24,25,26). The van der Waals surface area contributed by atoms with Crippen LogP contribution in [0.15, 0.2) is 23.2 Å². The number of aliphatic imine (C=N–C) groups is 1. The Balaban J connectivity index is 1.51. The SMILES string of the molecule is CN=C(NC1CCC(C(F)(F)F)CC1)NC1CC1c1c(F)cccc1F. The molecule has 2 aliphatic rings. The highest BCUT2D eigenvalue weighted by atomic mass is 19.4. The summed E-state index contributed by atoms with van der Waals surface area (Å²) in [5, 5.41) is 6.25. The molecular weight excluding hydrogens is 353 g/mol. The van der Waals surface area contributed by atoms with Crippen LogP contribution in [-0.4, -0.2) is 31.3 Å². The van der Waals surface area contributed by atoms with E-state index in [-0.39, 0.29) is 36.4 Å². The molecule has 0 bridgehead atoms. The molecule has 0 saturated heterocycles. The Kier molecular flexibility index (Phi) is 5.39. The van der Waals surface area contributed by atoms with Gasteiger partial charge in [-0.25, -0.2) is 8.78 Å². The zero-order valence-corrected chi connectivity index (χ0v) is 14.4. The Morgan fingerprint density at radius 1 is 1.04 bits per heavy atom. The van der Waals surface area contributed by atoms with Crippen molar-refractivity contribution in [3.05, 3.63) is 35.4 Å². The van der Waals surface area contributed by atoms with Crippen LogP contribution >= 0.6 is 0 Å². The van der Waals surface area contributed by atoms with Gasteiger partial charge < -0.3 is 10.6 Å². The Hall–Kier alpha value is -1.86. The number of rotatable bonds is 3. The fourth-order valence-electron chi connectivity index (χ4n) is 3.64. The molecule has 26 heavy (non-hydrogen) atoms. The van der Waals surface area contributed by atoms with E-state index in [1.54, 1.807) is 7.05 Å². The van der Waals surface area contributed by atoms with E-state index in [0.717, 1.165) is 0 Å². The van der Waals surface area contributed by atoms with E-state index in [1.807, 2.05) is 0 Å². The van der Waals surface area contributed by atoms with E-state index < -0.39 is 23.7 Å². The average molecular weight is 375 g/mol. The zero-order valence-electron chi connectivity index (χ0n) is 14.4. The van der Waals surface area contributed by atoms with Gasteiger partial charge >= 0.3 is 6.18 Å². The molecular formula is C18H22F5N3. The van der Waals surface area contributed by atoms with Gasteiger partial charge in [-0.1, -0.05) is 6.07 Å². The van der Waals surface area contributed by atoms with Gasteiger partial charge in [0.15, 0.2) is 5.96 Å². The maximum atomic E-state index is 13.8. The lowest BCUT2D eigenvalue weighted by Gasteiger charge is -2.31. The Labute approximate surface area is 149 Å². The molecule has 144 valence electrons. The van der Waals surface area contributed by atoms with Gasteiger partial charge in [-0.15, -0.1) is 0 Å². The third-order valence-electron chi connectivity index (χ3n) is 5.24. The summed E-state index contributed by atoms with van der Waals surface area (Å²) in [4.78, 5) is 4.09. The number of guanidine groups is 1. The van der Waals surface area contributed by atoms with Crippen LogP contribution in [0.4, 0.5) is 22.0 Å². The third kappa shape index (κ3) is 4.27. The first-order valence-electron chi connectivity index (χ1n) is 8.80.